The zero-order valence-electron chi connectivity index (χ0n) is 15.1. The van der Waals surface area contributed by atoms with Crippen LogP contribution in [-0.2, 0) is 6.54 Å². The summed E-state index contributed by atoms with van der Waals surface area (Å²) in [5.74, 6) is 0.633. The Bertz CT molecular complexity index is 702. The Morgan fingerprint density at radius 2 is 1.58 bits per heavy atom. The number of halogens is 1. The lowest BCUT2D eigenvalue weighted by Crippen LogP contribution is -2.23. The van der Waals surface area contributed by atoms with E-state index in [2.05, 4.69) is 38.1 Å². The molecule has 128 valence electrons. The molecule has 3 rings (SSSR count). The van der Waals surface area contributed by atoms with Gasteiger partial charge < -0.3 is 4.90 Å². The number of carbonyl (C=O) groups excluding carboxylic acids is 1. The maximum atomic E-state index is 12.6. The summed E-state index contributed by atoms with van der Waals surface area (Å²) in [7, 11) is 0. The average molecular weight is 327 g/mol. The van der Waals surface area contributed by atoms with Crippen molar-refractivity contribution in [1.82, 2.24) is 0 Å². The standard InChI is InChI=1S/C18H19NO.C3H7F/c1-12(2)14-7-9-16(10-8-14)19-11-15-6-4-5-13(3)17(15)18(19)20;1-3(2)4/h4-10,12H,11H2,1-3H3;3H,1-2H3. The lowest BCUT2D eigenvalue weighted by Gasteiger charge is -2.17. The number of alkyl halides is 1. The van der Waals surface area contributed by atoms with Crippen LogP contribution in [0, 0.1) is 6.92 Å². The Kier molecular flexibility index (Phi) is 5.76. The van der Waals surface area contributed by atoms with Crippen LogP contribution < -0.4 is 4.90 Å². The van der Waals surface area contributed by atoms with Crippen LogP contribution >= 0.6 is 0 Å². The third-order valence-electron chi connectivity index (χ3n) is 4.02. The number of nitrogens with zero attached hydrogens (tertiary/aromatic N) is 1. The molecule has 0 unspecified atom stereocenters. The summed E-state index contributed by atoms with van der Waals surface area (Å²) in [6.45, 7) is 10.0. The van der Waals surface area contributed by atoms with Crippen molar-refractivity contribution < 1.29 is 9.18 Å². The van der Waals surface area contributed by atoms with Gasteiger partial charge in [0.2, 0.25) is 0 Å². The first-order valence-electron chi connectivity index (χ1n) is 8.45. The van der Waals surface area contributed by atoms with Crippen molar-refractivity contribution in [2.45, 2.75) is 53.3 Å². The molecule has 1 heterocycles. The predicted molar refractivity (Wildman–Crippen MR) is 98.5 cm³/mol. The molecular weight excluding hydrogens is 301 g/mol. The molecule has 24 heavy (non-hydrogen) atoms. The fourth-order valence-electron chi connectivity index (χ4n) is 2.79. The zero-order valence-corrected chi connectivity index (χ0v) is 15.1. The summed E-state index contributed by atoms with van der Waals surface area (Å²) in [4.78, 5) is 14.4. The summed E-state index contributed by atoms with van der Waals surface area (Å²) in [6, 6.07) is 14.4. The number of amides is 1. The Labute approximate surface area is 144 Å². The van der Waals surface area contributed by atoms with Crippen molar-refractivity contribution >= 4 is 11.6 Å². The van der Waals surface area contributed by atoms with Crippen LogP contribution in [-0.4, -0.2) is 12.1 Å². The third-order valence-corrected chi connectivity index (χ3v) is 4.02. The van der Waals surface area contributed by atoms with E-state index < -0.39 is 6.17 Å². The van der Waals surface area contributed by atoms with Crippen LogP contribution in [0.1, 0.15) is 60.7 Å². The first kappa shape index (κ1) is 18.2. The zero-order chi connectivity index (χ0) is 17.9. The molecule has 2 aromatic carbocycles. The molecule has 0 atom stereocenters. The molecule has 1 aliphatic heterocycles. The Balaban J connectivity index is 0.000000471. The minimum absolute atomic E-state index is 0.121. The van der Waals surface area contributed by atoms with Crippen LogP contribution in [0.4, 0.5) is 10.1 Å². The van der Waals surface area contributed by atoms with Gasteiger partial charge in [0.05, 0.1) is 12.7 Å². The van der Waals surface area contributed by atoms with Crippen molar-refractivity contribution in [3.05, 3.63) is 64.7 Å². The van der Waals surface area contributed by atoms with Gasteiger partial charge in [-0.3, -0.25) is 4.79 Å². The van der Waals surface area contributed by atoms with Crippen LogP contribution in [0.3, 0.4) is 0 Å². The van der Waals surface area contributed by atoms with Crippen LogP contribution in [0.15, 0.2) is 42.5 Å². The SMILES string of the molecule is CC(C)F.Cc1cccc2c1C(=O)N(c1ccc(C(C)C)cc1)C2. The molecule has 0 aromatic heterocycles. The molecule has 0 aliphatic carbocycles. The van der Waals surface area contributed by atoms with Crippen LogP contribution in [0.5, 0.6) is 0 Å². The summed E-state index contributed by atoms with van der Waals surface area (Å²) in [5, 5.41) is 0. The van der Waals surface area contributed by atoms with Gasteiger partial charge in [-0.2, -0.15) is 0 Å². The molecule has 0 saturated heterocycles. The molecule has 1 aliphatic rings. The lowest BCUT2D eigenvalue weighted by molar-refractivity contribution is 0.0996. The van der Waals surface area contributed by atoms with Gasteiger partial charge in [0, 0.05) is 11.3 Å². The van der Waals surface area contributed by atoms with E-state index in [0.717, 1.165) is 22.4 Å². The molecular formula is C21H26FNO. The number of aryl methyl sites for hydroxylation is 1. The van der Waals surface area contributed by atoms with Crippen LogP contribution in [0.2, 0.25) is 0 Å². The summed E-state index contributed by atoms with van der Waals surface area (Å²) >= 11 is 0. The first-order chi connectivity index (χ1) is 11.3. The fraction of sp³-hybridized carbons (Fsp3) is 0.381. The molecule has 0 spiro atoms. The molecule has 0 radical (unpaired) electrons. The number of hydrogen-bond donors (Lipinski definition) is 0. The second kappa shape index (κ2) is 7.61. The van der Waals surface area contributed by atoms with Crippen LogP contribution in [0.25, 0.3) is 0 Å². The van der Waals surface area contributed by atoms with Gasteiger partial charge in [0.15, 0.2) is 0 Å². The largest absolute Gasteiger partial charge is 0.304 e. The molecule has 3 heteroatoms. The van der Waals surface area contributed by atoms with E-state index in [9.17, 15) is 9.18 Å². The monoisotopic (exact) mass is 327 g/mol. The number of anilines is 1. The highest BCUT2D eigenvalue weighted by molar-refractivity contribution is 6.10. The number of fused-ring (bicyclic) bond motifs is 1. The summed E-state index contributed by atoms with van der Waals surface area (Å²) in [6.07, 6.45) is -0.667. The second-order valence-corrected chi connectivity index (χ2v) is 6.76. The minimum atomic E-state index is -0.667. The van der Waals surface area contributed by atoms with E-state index in [1.807, 2.05) is 30.0 Å². The molecule has 2 nitrogen and oxygen atoms in total. The minimum Gasteiger partial charge on any atom is -0.304 e. The topological polar surface area (TPSA) is 20.3 Å². The second-order valence-electron chi connectivity index (χ2n) is 6.76. The first-order valence-corrected chi connectivity index (χ1v) is 8.45. The summed E-state index contributed by atoms with van der Waals surface area (Å²) < 4.78 is 11.0. The van der Waals surface area contributed by atoms with Gasteiger partial charge in [-0.25, -0.2) is 4.39 Å². The highest BCUT2D eigenvalue weighted by atomic mass is 19.1. The third kappa shape index (κ3) is 4.02. The number of hydrogen-bond acceptors (Lipinski definition) is 1. The van der Waals surface area contributed by atoms with Crippen molar-refractivity contribution in [3.63, 3.8) is 0 Å². The van der Waals surface area contributed by atoms with E-state index in [4.69, 9.17) is 0 Å². The van der Waals surface area contributed by atoms with Gasteiger partial charge in [-0.15, -0.1) is 0 Å². The lowest BCUT2D eigenvalue weighted by atomic mass is 10.0. The fourth-order valence-corrected chi connectivity index (χ4v) is 2.79. The average Bonchev–Trinajstić information content (AvgIpc) is 2.85. The number of carbonyl (C=O) groups is 1. The maximum Gasteiger partial charge on any atom is 0.259 e. The highest BCUT2D eigenvalue weighted by Gasteiger charge is 2.29. The van der Waals surface area contributed by atoms with Crippen molar-refractivity contribution in [3.8, 4) is 0 Å². The van der Waals surface area contributed by atoms with E-state index in [1.54, 1.807) is 0 Å². The molecule has 0 N–H and O–H groups in total. The Morgan fingerprint density at radius 1 is 1.00 bits per heavy atom. The molecule has 1 amide bonds. The van der Waals surface area contributed by atoms with Crippen molar-refractivity contribution in [2.75, 3.05) is 4.90 Å². The van der Waals surface area contributed by atoms with Gasteiger partial charge in [-0.05, 0) is 55.5 Å². The Morgan fingerprint density at radius 3 is 2.08 bits per heavy atom. The van der Waals surface area contributed by atoms with Gasteiger partial charge >= 0.3 is 0 Å². The Hall–Kier alpha value is -2.16. The normalized spacial score (nSPS) is 13.2. The molecule has 0 bridgehead atoms. The van der Waals surface area contributed by atoms with Gasteiger partial charge in [-0.1, -0.05) is 44.2 Å². The smallest absolute Gasteiger partial charge is 0.259 e. The van der Waals surface area contributed by atoms with E-state index in [0.29, 0.717) is 12.5 Å². The molecule has 2 aromatic rings. The number of benzene rings is 2. The summed E-state index contributed by atoms with van der Waals surface area (Å²) in [5.41, 5.74) is 5.35. The van der Waals surface area contributed by atoms with E-state index >= 15 is 0 Å². The van der Waals surface area contributed by atoms with E-state index in [-0.39, 0.29) is 5.91 Å². The number of rotatable bonds is 2. The highest BCUT2D eigenvalue weighted by Crippen LogP contribution is 2.30. The van der Waals surface area contributed by atoms with Crippen molar-refractivity contribution in [2.24, 2.45) is 0 Å². The van der Waals surface area contributed by atoms with Gasteiger partial charge in [0.25, 0.3) is 5.91 Å². The molecule has 0 fully saturated rings. The maximum absolute atomic E-state index is 12.6. The van der Waals surface area contributed by atoms with E-state index in [1.165, 1.54) is 19.4 Å². The quantitative estimate of drug-likeness (QED) is 0.698. The predicted octanol–water partition coefficient (Wildman–Crippen LogP) is 5.64. The van der Waals surface area contributed by atoms with Gasteiger partial charge in [0.1, 0.15) is 0 Å². The van der Waals surface area contributed by atoms with Crippen molar-refractivity contribution in [1.29, 1.82) is 0 Å². The molecule has 0 saturated carbocycles.